The van der Waals surface area contributed by atoms with E-state index in [0.717, 1.165) is 10.2 Å². The summed E-state index contributed by atoms with van der Waals surface area (Å²) in [6.45, 7) is 4.13. The van der Waals surface area contributed by atoms with Crippen molar-refractivity contribution in [3.05, 3.63) is 26.7 Å². The van der Waals surface area contributed by atoms with Crippen LogP contribution in [0.5, 0.6) is 0 Å². The third-order valence-corrected chi connectivity index (χ3v) is 4.23. The predicted molar refractivity (Wildman–Crippen MR) is 73.6 cm³/mol. The number of hydrogen-bond acceptors (Lipinski definition) is 2. The van der Waals surface area contributed by atoms with Crippen molar-refractivity contribution in [2.75, 3.05) is 11.9 Å². The molecule has 0 aliphatic rings. The van der Waals surface area contributed by atoms with Crippen molar-refractivity contribution in [3.63, 3.8) is 0 Å². The molecule has 0 spiro atoms. The Hall–Kier alpha value is 0.0400. The summed E-state index contributed by atoms with van der Waals surface area (Å²) in [5.74, 6) is 0. The molecule has 0 bridgehead atoms. The van der Waals surface area contributed by atoms with E-state index in [-0.39, 0.29) is 0 Å². The second kappa shape index (κ2) is 5.58. The zero-order valence-electron chi connectivity index (χ0n) is 9.15. The number of anilines is 1. The molecule has 2 N–H and O–H groups in total. The van der Waals surface area contributed by atoms with E-state index in [1.165, 1.54) is 0 Å². The lowest BCUT2D eigenvalue weighted by Gasteiger charge is -2.22. The van der Waals surface area contributed by atoms with Crippen molar-refractivity contribution in [1.29, 1.82) is 0 Å². The van der Waals surface area contributed by atoms with Gasteiger partial charge in [0.25, 0.3) is 0 Å². The van der Waals surface area contributed by atoms with Crippen molar-refractivity contribution in [1.82, 2.24) is 0 Å². The van der Waals surface area contributed by atoms with Crippen LogP contribution < -0.4 is 5.32 Å². The minimum absolute atomic E-state index is 0.432. The quantitative estimate of drug-likeness (QED) is 0.807. The van der Waals surface area contributed by atoms with E-state index < -0.39 is 5.60 Å². The van der Waals surface area contributed by atoms with E-state index in [2.05, 4.69) is 21.2 Å². The summed E-state index contributed by atoms with van der Waals surface area (Å²) in [5.41, 5.74) is -0.0216. The van der Waals surface area contributed by atoms with Gasteiger partial charge in [-0.1, -0.05) is 30.1 Å². The van der Waals surface area contributed by atoms with Crippen LogP contribution in [0, 0.1) is 0 Å². The van der Waals surface area contributed by atoms with Crippen molar-refractivity contribution >= 4 is 44.8 Å². The molecule has 0 fully saturated rings. The molecule has 0 saturated heterocycles. The Morgan fingerprint density at radius 3 is 2.56 bits per heavy atom. The van der Waals surface area contributed by atoms with Crippen LogP contribution in [0.4, 0.5) is 5.69 Å². The van der Waals surface area contributed by atoms with Crippen LogP contribution >= 0.6 is 39.1 Å². The molecular weight excluding hydrogens is 313 g/mol. The van der Waals surface area contributed by atoms with Gasteiger partial charge in [0.2, 0.25) is 0 Å². The van der Waals surface area contributed by atoms with Crippen LogP contribution in [-0.2, 0) is 0 Å². The fraction of sp³-hybridized carbons (Fsp3) is 0.455. The molecule has 0 aliphatic heterocycles. The van der Waals surface area contributed by atoms with E-state index in [1.54, 1.807) is 6.92 Å². The Kier molecular flexibility index (Phi) is 4.92. The Balaban J connectivity index is 2.80. The highest BCUT2D eigenvalue weighted by Crippen LogP contribution is 2.35. The molecule has 0 amide bonds. The predicted octanol–water partition coefficient (Wildman–Crippen LogP) is 4.33. The van der Waals surface area contributed by atoms with Gasteiger partial charge >= 0.3 is 0 Å². The lowest BCUT2D eigenvalue weighted by Crippen LogP contribution is -2.32. The number of benzene rings is 1. The topological polar surface area (TPSA) is 32.3 Å². The van der Waals surface area contributed by atoms with Crippen LogP contribution in [0.3, 0.4) is 0 Å². The highest BCUT2D eigenvalue weighted by molar-refractivity contribution is 9.10. The van der Waals surface area contributed by atoms with Gasteiger partial charge in [0, 0.05) is 11.0 Å². The smallest absolute Gasteiger partial charge is 0.0835 e. The highest BCUT2D eigenvalue weighted by atomic mass is 79.9. The van der Waals surface area contributed by atoms with Crippen molar-refractivity contribution in [2.24, 2.45) is 0 Å². The Morgan fingerprint density at radius 1 is 1.38 bits per heavy atom. The molecule has 0 radical (unpaired) electrons. The van der Waals surface area contributed by atoms with Crippen molar-refractivity contribution in [2.45, 2.75) is 25.9 Å². The van der Waals surface area contributed by atoms with Gasteiger partial charge in [0.1, 0.15) is 0 Å². The minimum atomic E-state index is -0.747. The number of aliphatic hydroxyl groups is 1. The molecule has 1 unspecified atom stereocenters. The van der Waals surface area contributed by atoms with Gasteiger partial charge in [-0.15, -0.1) is 0 Å². The van der Waals surface area contributed by atoms with E-state index in [4.69, 9.17) is 23.2 Å². The maximum atomic E-state index is 9.85. The van der Waals surface area contributed by atoms with Crippen LogP contribution in [0.2, 0.25) is 10.0 Å². The Bertz CT molecular complexity index is 382. The number of halogens is 3. The lowest BCUT2D eigenvalue weighted by atomic mass is 10.0. The second-order valence-electron chi connectivity index (χ2n) is 3.93. The first-order chi connectivity index (χ1) is 7.37. The second-order valence-corrected chi connectivity index (χ2v) is 5.54. The molecular formula is C11H14BrCl2NO. The van der Waals surface area contributed by atoms with Gasteiger partial charge in [0.15, 0.2) is 0 Å². The number of hydrogen-bond donors (Lipinski definition) is 2. The maximum Gasteiger partial charge on any atom is 0.0835 e. The lowest BCUT2D eigenvalue weighted by molar-refractivity contribution is 0.0697. The molecule has 0 heterocycles. The summed E-state index contributed by atoms with van der Waals surface area (Å²) < 4.78 is 0.756. The normalized spacial score (nSPS) is 14.6. The summed E-state index contributed by atoms with van der Waals surface area (Å²) in [6, 6.07) is 3.64. The number of rotatable bonds is 4. The summed E-state index contributed by atoms with van der Waals surface area (Å²) in [6.07, 6.45) is 0.669. The summed E-state index contributed by atoms with van der Waals surface area (Å²) in [4.78, 5) is 0. The first kappa shape index (κ1) is 14.1. The Morgan fingerprint density at radius 2 is 2.00 bits per heavy atom. The van der Waals surface area contributed by atoms with Crippen LogP contribution in [0.15, 0.2) is 16.6 Å². The van der Waals surface area contributed by atoms with E-state index in [1.807, 2.05) is 19.1 Å². The molecule has 2 nitrogen and oxygen atoms in total. The first-order valence-corrected chi connectivity index (χ1v) is 6.52. The van der Waals surface area contributed by atoms with Crippen LogP contribution in [0.1, 0.15) is 20.3 Å². The largest absolute Gasteiger partial charge is 0.388 e. The van der Waals surface area contributed by atoms with E-state index >= 15 is 0 Å². The summed E-state index contributed by atoms with van der Waals surface area (Å²) >= 11 is 15.3. The molecule has 1 rings (SSSR count). The molecule has 1 atom stereocenters. The average molecular weight is 327 g/mol. The van der Waals surface area contributed by atoms with Crippen molar-refractivity contribution < 1.29 is 5.11 Å². The molecule has 90 valence electrons. The fourth-order valence-electron chi connectivity index (χ4n) is 1.07. The van der Waals surface area contributed by atoms with Gasteiger partial charge in [-0.05, 0) is 41.4 Å². The number of nitrogens with one attached hydrogen (secondary N) is 1. The third-order valence-electron chi connectivity index (χ3n) is 2.46. The molecule has 5 heteroatoms. The highest BCUT2D eigenvalue weighted by Gasteiger charge is 2.18. The Labute approximate surface area is 114 Å². The summed E-state index contributed by atoms with van der Waals surface area (Å²) in [5, 5.41) is 13.9. The summed E-state index contributed by atoms with van der Waals surface area (Å²) in [7, 11) is 0. The molecule has 0 aliphatic carbocycles. The SMILES string of the molecule is CCC(C)(O)CNc1ccc(Br)c(Cl)c1Cl. The standard InChI is InChI=1S/C11H14BrCl2NO/c1-3-11(2,16)6-15-8-5-4-7(12)9(13)10(8)14/h4-5,15-16H,3,6H2,1-2H3. The van der Waals surface area contributed by atoms with E-state index in [0.29, 0.717) is 23.0 Å². The van der Waals surface area contributed by atoms with Gasteiger partial charge in [-0.25, -0.2) is 0 Å². The van der Waals surface area contributed by atoms with Gasteiger partial charge in [-0.2, -0.15) is 0 Å². The van der Waals surface area contributed by atoms with Gasteiger partial charge in [-0.3, -0.25) is 0 Å². The zero-order valence-corrected chi connectivity index (χ0v) is 12.2. The zero-order chi connectivity index (χ0) is 12.3. The fourth-order valence-corrected chi connectivity index (χ4v) is 1.91. The minimum Gasteiger partial charge on any atom is -0.388 e. The molecule has 0 aromatic heterocycles. The van der Waals surface area contributed by atoms with Gasteiger partial charge in [0.05, 0.1) is 21.3 Å². The van der Waals surface area contributed by atoms with Crippen LogP contribution in [0.25, 0.3) is 0 Å². The molecule has 0 saturated carbocycles. The maximum absolute atomic E-state index is 9.85. The van der Waals surface area contributed by atoms with E-state index in [9.17, 15) is 5.11 Å². The molecule has 16 heavy (non-hydrogen) atoms. The monoisotopic (exact) mass is 325 g/mol. The van der Waals surface area contributed by atoms with Crippen molar-refractivity contribution in [3.8, 4) is 0 Å². The average Bonchev–Trinajstić information content (AvgIpc) is 2.25. The third kappa shape index (κ3) is 3.52. The van der Waals surface area contributed by atoms with Gasteiger partial charge < -0.3 is 10.4 Å². The first-order valence-electron chi connectivity index (χ1n) is 4.97. The molecule has 1 aromatic carbocycles. The van der Waals surface area contributed by atoms with Crippen LogP contribution in [-0.4, -0.2) is 17.3 Å². The molecule has 1 aromatic rings.